The van der Waals surface area contributed by atoms with Gasteiger partial charge in [0.15, 0.2) is 6.21 Å². The highest BCUT2D eigenvalue weighted by Crippen LogP contribution is 2.31. The Bertz CT molecular complexity index is 946. The first kappa shape index (κ1) is 17.6. The van der Waals surface area contributed by atoms with Gasteiger partial charge in [-0.1, -0.05) is 23.7 Å². The number of carbonyl (C=O) groups is 2. The lowest BCUT2D eigenvalue weighted by Gasteiger charge is -1.96. The van der Waals surface area contributed by atoms with Crippen LogP contribution in [0.5, 0.6) is 0 Å². The molecule has 1 saturated heterocycles. The van der Waals surface area contributed by atoms with Gasteiger partial charge in [0.05, 0.1) is 0 Å². The van der Waals surface area contributed by atoms with Gasteiger partial charge in [0, 0.05) is 40.6 Å². The number of carboxylic acid groups (broad SMARTS) is 1. The molecule has 1 aromatic heterocycles. The fourth-order valence-electron chi connectivity index (χ4n) is 2.16. The van der Waals surface area contributed by atoms with Crippen molar-refractivity contribution < 1.29 is 23.7 Å². The molecule has 1 fully saturated rings. The van der Waals surface area contributed by atoms with Crippen LogP contribution in [0.4, 0.5) is 0 Å². The Kier molecular flexibility index (Phi) is 5.17. The quantitative estimate of drug-likeness (QED) is 0.480. The molecule has 1 N–H and O–H groups in total. The van der Waals surface area contributed by atoms with Crippen LogP contribution >= 0.6 is 35.6 Å². The smallest absolute Gasteiger partial charge is 0.433 e. The highest BCUT2D eigenvalue weighted by atomic mass is 35.5. The summed E-state index contributed by atoms with van der Waals surface area (Å²) in [5.74, 6) is -0.275. The van der Waals surface area contributed by atoms with Crippen LogP contribution < -0.4 is 0 Å². The normalized spacial score (nSPS) is 17.6. The third kappa shape index (κ3) is 4.07. The lowest BCUT2D eigenvalue weighted by molar-refractivity contribution is -0.318. The number of benzene rings is 1. The Hall–Kier alpha value is -2.22. The van der Waals surface area contributed by atoms with Crippen molar-refractivity contribution in [3.05, 3.63) is 52.1 Å². The second-order valence-corrected chi connectivity index (χ2v) is 7.16. The topological polar surface area (TPSA) is 70.5 Å². The van der Waals surface area contributed by atoms with Crippen molar-refractivity contribution in [2.45, 2.75) is 6.42 Å². The lowest BCUT2D eigenvalue weighted by Crippen LogP contribution is -2.19. The number of thioether (sulfide) groups is 1. The first-order chi connectivity index (χ1) is 11.9. The van der Waals surface area contributed by atoms with Crippen molar-refractivity contribution in [2.24, 2.45) is 0 Å². The molecule has 1 amide bonds. The second-order valence-electron chi connectivity index (χ2n) is 5.04. The van der Waals surface area contributed by atoms with Crippen LogP contribution in [0.15, 0.2) is 45.7 Å². The SMILES string of the molecule is O=C(O)CC=[N+]1C(=O)C(=Cc2ccc(-c3cccc(Cl)c3)o2)SC1=S. The molecule has 0 aliphatic carbocycles. The van der Waals surface area contributed by atoms with E-state index in [1.807, 2.05) is 12.1 Å². The van der Waals surface area contributed by atoms with Crippen molar-refractivity contribution in [3.63, 3.8) is 0 Å². The molecule has 1 aromatic carbocycles. The van der Waals surface area contributed by atoms with E-state index in [-0.39, 0.29) is 12.3 Å². The zero-order valence-corrected chi connectivity index (χ0v) is 15.0. The Morgan fingerprint density at radius 1 is 1.36 bits per heavy atom. The number of rotatable bonds is 4. The lowest BCUT2D eigenvalue weighted by atomic mass is 10.2. The molecule has 0 saturated carbocycles. The van der Waals surface area contributed by atoms with E-state index < -0.39 is 5.97 Å². The zero-order valence-electron chi connectivity index (χ0n) is 12.6. The number of thiocarbonyl (C=S) groups is 1. The highest BCUT2D eigenvalue weighted by Gasteiger charge is 2.38. The average Bonchev–Trinajstić information content (AvgIpc) is 3.12. The average molecular weight is 393 g/mol. The molecular weight excluding hydrogens is 382 g/mol. The van der Waals surface area contributed by atoms with Gasteiger partial charge in [0.2, 0.25) is 0 Å². The largest absolute Gasteiger partial charge is 0.481 e. The van der Waals surface area contributed by atoms with E-state index in [0.29, 0.717) is 25.8 Å². The summed E-state index contributed by atoms with van der Waals surface area (Å²) in [5.41, 5.74) is 0.828. The van der Waals surface area contributed by atoms with Crippen LogP contribution in [-0.2, 0) is 9.59 Å². The van der Waals surface area contributed by atoms with Gasteiger partial charge in [0.25, 0.3) is 0 Å². The van der Waals surface area contributed by atoms with E-state index in [2.05, 4.69) is 0 Å². The minimum absolute atomic E-state index is 0.278. The van der Waals surface area contributed by atoms with Crippen LogP contribution in [0.25, 0.3) is 17.4 Å². The van der Waals surface area contributed by atoms with E-state index in [9.17, 15) is 9.59 Å². The van der Waals surface area contributed by atoms with E-state index in [4.69, 9.17) is 33.3 Å². The molecule has 1 aliphatic heterocycles. The van der Waals surface area contributed by atoms with Crippen LogP contribution in [0.3, 0.4) is 0 Å². The number of hydrogen-bond acceptors (Lipinski definition) is 5. The molecule has 0 radical (unpaired) electrons. The van der Waals surface area contributed by atoms with E-state index in [0.717, 1.165) is 17.3 Å². The molecule has 2 aromatic rings. The standard InChI is InChI=1S/C17H10ClNO4S2/c18-11-3-1-2-10(8-11)13-5-4-12(23-13)9-14-16(22)19(17(24)25-14)7-6-15(20)21/h1-5,7-9H,6H2/p+1. The monoisotopic (exact) mass is 392 g/mol. The van der Waals surface area contributed by atoms with E-state index in [1.165, 1.54) is 10.8 Å². The Labute approximate surface area is 157 Å². The van der Waals surface area contributed by atoms with Gasteiger partial charge in [0.1, 0.15) is 22.8 Å². The van der Waals surface area contributed by atoms with Crippen LogP contribution in [0, 0.1) is 0 Å². The van der Waals surface area contributed by atoms with Crippen molar-refractivity contribution >= 4 is 64.1 Å². The first-order valence-electron chi connectivity index (χ1n) is 7.12. The maximum atomic E-state index is 12.3. The fourth-order valence-corrected chi connectivity index (χ4v) is 3.58. The number of carboxylic acids is 1. The van der Waals surface area contributed by atoms with Gasteiger partial charge >= 0.3 is 16.2 Å². The number of furan rings is 1. The Morgan fingerprint density at radius 2 is 2.16 bits per heavy atom. The summed E-state index contributed by atoms with van der Waals surface area (Å²) in [4.78, 5) is 23.3. The van der Waals surface area contributed by atoms with Gasteiger partial charge in [-0.25, -0.2) is 4.79 Å². The summed E-state index contributed by atoms with van der Waals surface area (Å²) >= 11 is 12.2. The van der Waals surface area contributed by atoms with Gasteiger partial charge in [-0.2, -0.15) is 0 Å². The number of carbonyl (C=O) groups excluding carboxylic acids is 1. The van der Waals surface area contributed by atoms with Gasteiger partial charge in [-0.3, -0.25) is 4.79 Å². The maximum Gasteiger partial charge on any atom is 0.433 e. The van der Waals surface area contributed by atoms with Crippen molar-refractivity contribution in [1.82, 2.24) is 0 Å². The molecule has 0 bridgehead atoms. The van der Waals surface area contributed by atoms with Crippen molar-refractivity contribution in [3.8, 4) is 11.3 Å². The molecule has 2 heterocycles. The fraction of sp³-hybridized carbons (Fsp3) is 0.0588. The molecule has 25 heavy (non-hydrogen) atoms. The number of hydrogen-bond donors (Lipinski definition) is 1. The summed E-state index contributed by atoms with van der Waals surface area (Å²) in [6.45, 7) is 0. The number of halogens is 1. The first-order valence-corrected chi connectivity index (χ1v) is 8.72. The minimum Gasteiger partial charge on any atom is -0.481 e. The van der Waals surface area contributed by atoms with Gasteiger partial charge in [-0.05, 0) is 24.3 Å². The predicted molar refractivity (Wildman–Crippen MR) is 101 cm³/mol. The third-order valence-electron chi connectivity index (χ3n) is 3.28. The molecule has 3 rings (SSSR count). The molecule has 1 aliphatic rings. The Morgan fingerprint density at radius 3 is 2.88 bits per heavy atom. The van der Waals surface area contributed by atoms with E-state index in [1.54, 1.807) is 30.3 Å². The predicted octanol–water partition coefficient (Wildman–Crippen LogP) is 4.06. The van der Waals surface area contributed by atoms with E-state index >= 15 is 0 Å². The van der Waals surface area contributed by atoms with Crippen LogP contribution in [0.2, 0.25) is 5.02 Å². The Balaban J connectivity index is 1.85. The third-order valence-corrected chi connectivity index (χ3v) is 4.85. The van der Waals surface area contributed by atoms with Gasteiger partial charge < -0.3 is 9.52 Å². The molecule has 8 heteroatoms. The molecule has 126 valence electrons. The van der Waals surface area contributed by atoms with Crippen LogP contribution in [0.1, 0.15) is 12.2 Å². The number of nitrogens with zero attached hydrogens (tertiary/aromatic N) is 1. The highest BCUT2D eigenvalue weighted by molar-refractivity contribution is 8.26. The summed E-state index contributed by atoms with van der Waals surface area (Å²) in [6.07, 6.45) is 2.57. The molecule has 0 atom stereocenters. The summed E-state index contributed by atoms with van der Waals surface area (Å²) < 4.78 is 7.20. The summed E-state index contributed by atoms with van der Waals surface area (Å²) in [5, 5.41) is 9.32. The molecule has 0 spiro atoms. The summed E-state index contributed by atoms with van der Waals surface area (Å²) in [7, 11) is 0. The maximum absolute atomic E-state index is 12.3. The number of aliphatic carboxylic acids is 1. The van der Waals surface area contributed by atoms with Crippen LogP contribution in [-0.4, -0.2) is 32.1 Å². The molecule has 0 unspecified atom stereocenters. The molecule has 5 nitrogen and oxygen atoms in total. The number of amides is 1. The second kappa shape index (κ2) is 7.35. The van der Waals surface area contributed by atoms with Crippen molar-refractivity contribution in [2.75, 3.05) is 0 Å². The zero-order chi connectivity index (χ0) is 18.0. The minimum atomic E-state index is -1.03. The van der Waals surface area contributed by atoms with Crippen molar-refractivity contribution in [1.29, 1.82) is 0 Å². The molecular formula is C17H11ClNO4S2+. The van der Waals surface area contributed by atoms with Gasteiger partial charge in [-0.15, -0.1) is 4.58 Å². The summed E-state index contributed by atoms with van der Waals surface area (Å²) in [6, 6.07) is 10.8.